The zero-order valence-electron chi connectivity index (χ0n) is 22.5. The predicted molar refractivity (Wildman–Crippen MR) is 153 cm³/mol. The van der Waals surface area contributed by atoms with Crippen LogP contribution in [-0.2, 0) is 26.0 Å². The number of hydrogen-bond donors (Lipinski definition) is 0. The summed E-state index contributed by atoms with van der Waals surface area (Å²) >= 11 is 1.50. The lowest BCUT2D eigenvalue weighted by atomic mass is 10.1. The van der Waals surface area contributed by atoms with Gasteiger partial charge >= 0.3 is 0 Å². The minimum Gasteiger partial charge on any atom is -0.497 e. The number of thiazole rings is 1. The number of fused-ring (bicyclic) bond motifs is 1. The number of para-hydroxylation sites is 1. The number of aromatic nitrogens is 1. The van der Waals surface area contributed by atoms with Gasteiger partial charge in [0.1, 0.15) is 11.8 Å². The summed E-state index contributed by atoms with van der Waals surface area (Å²) in [5.74, 6) is 0.375. The summed E-state index contributed by atoms with van der Waals surface area (Å²) in [6, 6.07) is 11.7. The molecule has 0 spiro atoms. The highest BCUT2D eigenvalue weighted by molar-refractivity contribution is 7.89. The maximum absolute atomic E-state index is 14.2. The highest BCUT2D eigenvalue weighted by atomic mass is 32.2. The van der Waals surface area contributed by atoms with E-state index < -0.39 is 16.1 Å². The Hall–Kier alpha value is -2.57. The lowest BCUT2D eigenvalue weighted by Crippen LogP contribution is -2.48. The van der Waals surface area contributed by atoms with Crippen LogP contribution >= 0.6 is 11.3 Å². The molecule has 0 bridgehead atoms. The Morgan fingerprint density at radius 2 is 1.92 bits per heavy atom. The van der Waals surface area contributed by atoms with E-state index in [4.69, 9.17) is 14.5 Å². The summed E-state index contributed by atoms with van der Waals surface area (Å²) in [5.41, 5.74) is 2.06. The molecule has 2 aliphatic rings. The summed E-state index contributed by atoms with van der Waals surface area (Å²) in [6.45, 7) is 6.94. The molecular weight excluding hydrogens is 536 g/mol. The van der Waals surface area contributed by atoms with Crippen LogP contribution in [0.2, 0.25) is 0 Å². The molecule has 3 aromatic rings. The first-order valence-electron chi connectivity index (χ1n) is 13.6. The largest absolute Gasteiger partial charge is 0.497 e. The third kappa shape index (κ3) is 5.97. The lowest BCUT2D eigenvalue weighted by molar-refractivity contribution is -0.121. The van der Waals surface area contributed by atoms with Crippen molar-refractivity contribution in [3.63, 3.8) is 0 Å². The zero-order chi connectivity index (χ0) is 27.4. The molecule has 0 radical (unpaired) electrons. The molecule has 1 aromatic heterocycles. The Kier molecular flexibility index (Phi) is 8.82. The van der Waals surface area contributed by atoms with Crippen LogP contribution in [0.4, 0.5) is 5.13 Å². The number of aryl methyl sites for hydroxylation is 1. The van der Waals surface area contributed by atoms with E-state index in [1.165, 1.54) is 34.9 Å². The van der Waals surface area contributed by atoms with Gasteiger partial charge in [0.25, 0.3) is 0 Å². The van der Waals surface area contributed by atoms with Gasteiger partial charge in [0.05, 0.1) is 35.4 Å². The molecule has 1 unspecified atom stereocenters. The normalized spacial score (nSPS) is 19.0. The minimum atomic E-state index is -3.86. The van der Waals surface area contributed by atoms with Crippen molar-refractivity contribution in [2.24, 2.45) is 0 Å². The highest BCUT2D eigenvalue weighted by Crippen LogP contribution is 2.34. The first-order chi connectivity index (χ1) is 18.9. The van der Waals surface area contributed by atoms with Crippen molar-refractivity contribution in [2.45, 2.75) is 43.5 Å². The molecular formula is C28H36N4O5S2. The van der Waals surface area contributed by atoms with Gasteiger partial charge in [0.2, 0.25) is 15.9 Å². The number of hydrogen-bond acceptors (Lipinski definition) is 8. The number of anilines is 1. The van der Waals surface area contributed by atoms with Gasteiger partial charge in [-0.2, -0.15) is 4.31 Å². The number of carbonyl (C=O) groups is 1. The van der Waals surface area contributed by atoms with Crippen molar-refractivity contribution in [1.29, 1.82) is 0 Å². The first-order valence-corrected chi connectivity index (χ1v) is 15.8. The lowest BCUT2D eigenvalue weighted by Gasteiger charge is -2.30. The molecule has 2 aromatic carbocycles. The number of methoxy groups -OCH3 is 1. The van der Waals surface area contributed by atoms with Crippen LogP contribution in [0.15, 0.2) is 47.4 Å². The van der Waals surface area contributed by atoms with Crippen molar-refractivity contribution < 1.29 is 22.7 Å². The molecule has 2 aliphatic heterocycles. The van der Waals surface area contributed by atoms with Gasteiger partial charge in [0, 0.05) is 32.7 Å². The molecule has 210 valence electrons. The van der Waals surface area contributed by atoms with E-state index in [-0.39, 0.29) is 10.8 Å². The maximum atomic E-state index is 14.2. The summed E-state index contributed by atoms with van der Waals surface area (Å²) in [7, 11) is -2.32. The van der Waals surface area contributed by atoms with Crippen LogP contribution in [0.1, 0.15) is 31.7 Å². The molecule has 39 heavy (non-hydrogen) atoms. The van der Waals surface area contributed by atoms with Crippen LogP contribution in [0.25, 0.3) is 10.2 Å². The fourth-order valence-corrected chi connectivity index (χ4v) is 8.01. The van der Waals surface area contributed by atoms with Crippen molar-refractivity contribution in [3.8, 4) is 5.75 Å². The van der Waals surface area contributed by atoms with Crippen LogP contribution < -0.4 is 9.64 Å². The molecule has 9 nitrogen and oxygen atoms in total. The Bertz CT molecular complexity index is 1390. The van der Waals surface area contributed by atoms with E-state index in [1.807, 2.05) is 12.1 Å². The van der Waals surface area contributed by atoms with Gasteiger partial charge in [0.15, 0.2) is 5.13 Å². The summed E-state index contributed by atoms with van der Waals surface area (Å²) in [4.78, 5) is 23.3. The number of carbonyl (C=O) groups excluding carboxylic acids is 1. The van der Waals surface area contributed by atoms with Crippen molar-refractivity contribution >= 4 is 42.6 Å². The maximum Gasteiger partial charge on any atom is 0.247 e. The van der Waals surface area contributed by atoms with E-state index in [1.54, 1.807) is 17.0 Å². The second-order valence-corrected chi connectivity index (χ2v) is 12.8. The molecule has 2 saturated heterocycles. The molecule has 2 fully saturated rings. The van der Waals surface area contributed by atoms with E-state index in [0.29, 0.717) is 36.8 Å². The average molecular weight is 573 g/mol. The number of benzene rings is 2. The Morgan fingerprint density at radius 3 is 2.64 bits per heavy atom. The third-order valence-electron chi connectivity index (χ3n) is 7.48. The third-order valence-corrected chi connectivity index (χ3v) is 10.4. The summed E-state index contributed by atoms with van der Waals surface area (Å²) < 4.78 is 40.3. The van der Waals surface area contributed by atoms with Crippen molar-refractivity contribution in [2.75, 3.05) is 57.9 Å². The number of amides is 1. The SMILES string of the molecule is CCc1cccc2sc(N(CCCN3CCOCC3)C(=O)C3CCCN3S(=O)(=O)c3ccc(OC)cc3)nc12. The van der Waals surface area contributed by atoms with E-state index in [2.05, 4.69) is 17.9 Å². The van der Waals surface area contributed by atoms with Gasteiger partial charge < -0.3 is 9.47 Å². The fourth-order valence-electron chi connectivity index (χ4n) is 5.31. The van der Waals surface area contributed by atoms with Gasteiger partial charge in [-0.05, 0) is 61.6 Å². The van der Waals surface area contributed by atoms with Gasteiger partial charge in [-0.1, -0.05) is 30.4 Å². The number of ether oxygens (including phenoxy) is 2. The molecule has 0 aliphatic carbocycles. The van der Waals surface area contributed by atoms with Gasteiger partial charge in [-0.25, -0.2) is 13.4 Å². The van der Waals surface area contributed by atoms with Gasteiger partial charge in [-0.15, -0.1) is 0 Å². The van der Waals surface area contributed by atoms with Crippen LogP contribution in [0, 0.1) is 0 Å². The summed E-state index contributed by atoms with van der Waals surface area (Å²) in [6.07, 6.45) is 2.73. The number of morpholine rings is 1. The zero-order valence-corrected chi connectivity index (χ0v) is 24.2. The van der Waals surface area contributed by atoms with Crippen molar-refractivity contribution in [3.05, 3.63) is 48.0 Å². The molecule has 1 atom stereocenters. The van der Waals surface area contributed by atoms with Gasteiger partial charge in [-0.3, -0.25) is 14.6 Å². The van der Waals surface area contributed by atoms with Crippen LogP contribution in [-0.4, -0.2) is 87.6 Å². The van der Waals surface area contributed by atoms with Crippen LogP contribution in [0.5, 0.6) is 5.75 Å². The second kappa shape index (κ2) is 12.3. The highest BCUT2D eigenvalue weighted by Gasteiger charge is 2.42. The molecule has 0 N–H and O–H groups in total. The van der Waals surface area contributed by atoms with E-state index in [9.17, 15) is 13.2 Å². The van der Waals surface area contributed by atoms with E-state index in [0.717, 1.165) is 61.5 Å². The molecule has 3 heterocycles. The van der Waals surface area contributed by atoms with Crippen LogP contribution in [0.3, 0.4) is 0 Å². The molecule has 5 rings (SSSR count). The Balaban J connectivity index is 1.42. The smallest absolute Gasteiger partial charge is 0.247 e. The number of nitrogens with zero attached hydrogens (tertiary/aromatic N) is 4. The van der Waals surface area contributed by atoms with Crippen molar-refractivity contribution in [1.82, 2.24) is 14.2 Å². The number of sulfonamides is 1. The Morgan fingerprint density at radius 1 is 1.15 bits per heavy atom. The minimum absolute atomic E-state index is 0.162. The second-order valence-electron chi connectivity index (χ2n) is 9.86. The average Bonchev–Trinajstić information content (AvgIpc) is 3.64. The molecule has 0 saturated carbocycles. The fraction of sp³-hybridized carbons (Fsp3) is 0.500. The topological polar surface area (TPSA) is 92.3 Å². The first kappa shape index (κ1) is 28.0. The monoisotopic (exact) mass is 572 g/mol. The van der Waals surface area contributed by atoms with E-state index >= 15 is 0 Å². The quantitative estimate of drug-likeness (QED) is 0.365. The molecule has 11 heteroatoms. The summed E-state index contributed by atoms with van der Waals surface area (Å²) in [5, 5.41) is 0.631. The molecule has 1 amide bonds. The predicted octanol–water partition coefficient (Wildman–Crippen LogP) is 3.78. The number of rotatable bonds is 10. The standard InChI is InChI=1S/C28H36N4O5S2/c1-3-21-7-4-9-25-26(21)29-28(38-25)31(15-6-14-30-17-19-37-20-18-30)27(33)24-8-5-16-32(24)39(34,35)23-12-10-22(36-2)11-13-23/h4,7,9-13,24H,3,5-6,8,14-20H2,1-2H3. The Labute approximate surface area is 234 Å².